The molecule has 0 fully saturated rings. The molecule has 1 aliphatic heterocycles. The highest BCUT2D eigenvalue weighted by Gasteiger charge is 2.23. The van der Waals surface area contributed by atoms with Crippen LogP contribution in [0.15, 0.2) is 41.8 Å². The molecule has 0 unspecified atom stereocenters. The van der Waals surface area contributed by atoms with E-state index in [1.807, 2.05) is 11.3 Å². The van der Waals surface area contributed by atoms with Crippen LogP contribution in [-0.4, -0.2) is 17.0 Å². The summed E-state index contributed by atoms with van der Waals surface area (Å²) >= 11 is 1.81. The highest BCUT2D eigenvalue weighted by Crippen LogP contribution is 2.17. The Bertz CT molecular complexity index is 555. The van der Waals surface area contributed by atoms with E-state index in [4.69, 9.17) is 5.73 Å². The molecule has 1 aliphatic rings. The van der Waals surface area contributed by atoms with Gasteiger partial charge in [0.2, 0.25) is 0 Å². The van der Waals surface area contributed by atoms with Crippen LogP contribution in [-0.2, 0) is 13.0 Å². The third kappa shape index (κ3) is 1.98. The van der Waals surface area contributed by atoms with E-state index in [0.29, 0.717) is 0 Å². The molecule has 0 saturated carbocycles. The standard InChI is InChI=1S/C14H14N2S/c15-14-13-6-2-1-4-11(13)10-16(14)8-7-12-5-3-9-17-12/h1-6,9,15H,7-8,10H2/p+1. The quantitative estimate of drug-likeness (QED) is 0.823. The predicted molar refractivity (Wildman–Crippen MR) is 71.6 cm³/mol. The second kappa shape index (κ2) is 4.34. The summed E-state index contributed by atoms with van der Waals surface area (Å²) in [6.45, 7) is 1.95. The highest BCUT2D eigenvalue weighted by atomic mass is 32.1. The average molecular weight is 243 g/mol. The number of fused-ring (bicyclic) bond motifs is 1. The zero-order valence-electron chi connectivity index (χ0n) is 9.60. The maximum Gasteiger partial charge on any atom is 0.275 e. The number of amidine groups is 1. The largest absolute Gasteiger partial charge is 0.287 e. The third-order valence-corrected chi connectivity index (χ3v) is 4.14. The Morgan fingerprint density at radius 2 is 2.06 bits per heavy atom. The molecule has 1 aromatic heterocycles. The first-order chi connectivity index (χ1) is 8.34. The van der Waals surface area contributed by atoms with Gasteiger partial charge in [-0.2, -0.15) is 0 Å². The molecule has 2 heterocycles. The van der Waals surface area contributed by atoms with Crippen LogP contribution in [0.3, 0.4) is 0 Å². The molecule has 0 atom stereocenters. The smallest absolute Gasteiger partial charge is 0.275 e. The lowest BCUT2D eigenvalue weighted by Crippen LogP contribution is -2.24. The second-order valence-electron chi connectivity index (χ2n) is 4.29. The Balaban J connectivity index is 1.76. The fourth-order valence-corrected chi connectivity index (χ4v) is 2.97. The molecule has 1 aromatic carbocycles. The van der Waals surface area contributed by atoms with Crippen molar-refractivity contribution in [2.75, 3.05) is 6.54 Å². The summed E-state index contributed by atoms with van der Waals surface area (Å²) in [7, 11) is 0. The molecule has 0 amide bonds. The van der Waals surface area contributed by atoms with Crippen molar-refractivity contribution in [2.24, 2.45) is 5.73 Å². The topological polar surface area (TPSA) is 29.0 Å². The Kier molecular flexibility index (Phi) is 2.69. The molecule has 2 N–H and O–H groups in total. The van der Waals surface area contributed by atoms with Crippen LogP contribution in [0.25, 0.3) is 0 Å². The van der Waals surface area contributed by atoms with Crippen molar-refractivity contribution >= 4 is 17.2 Å². The van der Waals surface area contributed by atoms with Gasteiger partial charge in [-0.25, -0.2) is 0 Å². The Hall–Kier alpha value is -1.61. The number of rotatable bonds is 3. The number of nitrogens with two attached hydrogens (primary N) is 1. The van der Waals surface area contributed by atoms with E-state index in [1.54, 1.807) is 0 Å². The second-order valence-corrected chi connectivity index (χ2v) is 5.33. The molecule has 17 heavy (non-hydrogen) atoms. The number of benzene rings is 1. The van der Waals surface area contributed by atoms with Crippen molar-refractivity contribution in [3.63, 3.8) is 0 Å². The van der Waals surface area contributed by atoms with Crippen molar-refractivity contribution in [3.05, 3.63) is 57.8 Å². The molecule has 3 heteroatoms. The Labute approximate surface area is 105 Å². The highest BCUT2D eigenvalue weighted by molar-refractivity contribution is 7.09. The van der Waals surface area contributed by atoms with Crippen LogP contribution < -0.4 is 5.73 Å². The number of nitrogens with zero attached hydrogens (tertiary/aromatic N) is 1. The van der Waals surface area contributed by atoms with E-state index in [1.165, 1.54) is 16.0 Å². The summed E-state index contributed by atoms with van der Waals surface area (Å²) in [5.74, 6) is 0.928. The first kappa shape index (κ1) is 10.5. The molecular formula is C14H15N2S+. The lowest BCUT2D eigenvalue weighted by molar-refractivity contribution is -0.539. The van der Waals surface area contributed by atoms with Gasteiger partial charge in [0.15, 0.2) is 0 Å². The molecule has 0 radical (unpaired) electrons. The Morgan fingerprint density at radius 1 is 1.18 bits per heavy atom. The predicted octanol–water partition coefficient (Wildman–Crippen LogP) is 2.22. The average Bonchev–Trinajstić information content (AvgIpc) is 2.96. The summed E-state index contributed by atoms with van der Waals surface area (Å²) in [5.41, 5.74) is 8.73. The van der Waals surface area contributed by atoms with Crippen LogP contribution in [0.4, 0.5) is 0 Å². The molecule has 2 aromatic rings. The fourth-order valence-electron chi connectivity index (χ4n) is 2.27. The van der Waals surface area contributed by atoms with Crippen LogP contribution in [0.5, 0.6) is 0 Å². The van der Waals surface area contributed by atoms with E-state index in [9.17, 15) is 0 Å². The summed E-state index contributed by atoms with van der Waals surface area (Å²) in [6.07, 6.45) is 1.08. The maximum atomic E-state index is 6.18. The van der Waals surface area contributed by atoms with Gasteiger partial charge in [-0.1, -0.05) is 24.3 Å². The van der Waals surface area contributed by atoms with E-state index < -0.39 is 0 Å². The van der Waals surface area contributed by atoms with Crippen LogP contribution >= 0.6 is 11.3 Å². The van der Waals surface area contributed by atoms with Crippen LogP contribution in [0, 0.1) is 0 Å². The molecule has 0 spiro atoms. The maximum absolute atomic E-state index is 6.18. The van der Waals surface area contributed by atoms with Gasteiger partial charge in [0.25, 0.3) is 5.84 Å². The Morgan fingerprint density at radius 3 is 2.82 bits per heavy atom. The summed E-state index contributed by atoms with van der Waals surface area (Å²) in [4.78, 5) is 1.42. The fraction of sp³-hybridized carbons (Fsp3) is 0.214. The number of hydrogen-bond acceptors (Lipinski definition) is 2. The minimum absolute atomic E-state index is 0.928. The monoisotopic (exact) mass is 243 g/mol. The molecule has 3 rings (SSSR count). The van der Waals surface area contributed by atoms with Crippen LogP contribution in [0.2, 0.25) is 0 Å². The van der Waals surface area contributed by atoms with E-state index in [2.05, 4.69) is 46.4 Å². The lowest BCUT2D eigenvalue weighted by atomic mass is 10.1. The van der Waals surface area contributed by atoms with Gasteiger partial charge >= 0.3 is 0 Å². The molecule has 86 valence electrons. The van der Waals surface area contributed by atoms with Gasteiger partial charge < -0.3 is 0 Å². The first-order valence-electron chi connectivity index (χ1n) is 5.82. The molecular weight excluding hydrogens is 228 g/mol. The van der Waals surface area contributed by atoms with E-state index >= 15 is 0 Å². The van der Waals surface area contributed by atoms with Gasteiger partial charge in [-0.3, -0.25) is 10.3 Å². The minimum atomic E-state index is 0.928. The normalized spacial score (nSPS) is 14.1. The first-order valence-corrected chi connectivity index (χ1v) is 6.70. The molecule has 0 bridgehead atoms. The molecule has 0 saturated heterocycles. The van der Waals surface area contributed by atoms with Crippen molar-refractivity contribution in [1.29, 1.82) is 0 Å². The third-order valence-electron chi connectivity index (χ3n) is 3.20. The SMILES string of the molecule is NC1=[N+](CCc2cccs2)Cc2ccccc21. The zero-order chi connectivity index (χ0) is 11.7. The number of thiophene rings is 1. The zero-order valence-corrected chi connectivity index (χ0v) is 10.4. The van der Waals surface area contributed by atoms with Crippen molar-refractivity contribution in [3.8, 4) is 0 Å². The van der Waals surface area contributed by atoms with E-state index in [0.717, 1.165) is 25.3 Å². The number of hydrogen-bond donors (Lipinski definition) is 1. The summed E-state index contributed by atoms with van der Waals surface area (Å²) in [6, 6.07) is 12.7. The lowest BCUT2D eigenvalue weighted by Gasteiger charge is -2.01. The van der Waals surface area contributed by atoms with Gasteiger partial charge in [0, 0.05) is 16.9 Å². The van der Waals surface area contributed by atoms with Gasteiger partial charge in [0.1, 0.15) is 6.54 Å². The molecule has 0 aliphatic carbocycles. The van der Waals surface area contributed by atoms with Crippen molar-refractivity contribution < 1.29 is 4.58 Å². The van der Waals surface area contributed by atoms with Crippen LogP contribution in [0.1, 0.15) is 16.0 Å². The van der Waals surface area contributed by atoms with Crippen molar-refractivity contribution in [2.45, 2.75) is 13.0 Å². The van der Waals surface area contributed by atoms with Gasteiger partial charge in [-0.15, -0.1) is 11.3 Å². The van der Waals surface area contributed by atoms with Gasteiger partial charge in [-0.05, 0) is 17.5 Å². The summed E-state index contributed by atoms with van der Waals surface area (Å²) < 4.78 is 2.27. The van der Waals surface area contributed by atoms with E-state index in [-0.39, 0.29) is 0 Å². The summed E-state index contributed by atoms with van der Waals surface area (Å²) in [5, 5.41) is 2.13. The molecule has 2 nitrogen and oxygen atoms in total. The van der Waals surface area contributed by atoms with Crippen molar-refractivity contribution in [1.82, 2.24) is 0 Å². The van der Waals surface area contributed by atoms with Gasteiger partial charge in [0.05, 0.1) is 12.1 Å². The minimum Gasteiger partial charge on any atom is -0.287 e.